The van der Waals surface area contributed by atoms with Crippen LogP contribution in [0.5, 0.6) is 5.75 Å². The minimum atomic E-state index is -0.254. The Kier molecular flexibility index (Phi) is 7.75. The van der Waals surface area contributed by atoms with Gasteiger partial charge in [0.2, 0.25) is 5.91 Å². The maximum absolute atomic E-state index is 13.6. The molecule has 2 saturated heterocycles. The lowest BCUT2D eigenvalue weighted by Crippen LogP contribution is -2.51. The van der Waals surface area contributed by atoms with Crippen molar-refractivity contribution in [2.45, 2.75) is 82.9 Å². The first-order valence-corrected chi connectivity index (χ1v) is 17.5. The Hall–Kier alpha value is -3.89. The molecule has 0 bridgehead atoms. The highest BCUT2D eigenvalue weighted by molar-refractivity contribution is 5.96. The molecule has 4 aromatic rings. The second-order valence-corrected chi connectivity index (χ2v) is 14.5. The number of benzene rings is 1. The molecule has 2 amide bonds. The number of pyridine rings is 1. The number of hydrogen-bond donors (Lipinski definition) is 2. The molecule has 47 heavy (non-hydrogen) atoms. The molecule has 2 aliphatic heterocycles. The van der Waals surface area contributed by atoms with E-state index in [1.165, 1.54) is 29.3 Å². The van der Waals surface area contributed by atoms with E-state index in [1.54, 1.807) is 7.11 Å². The first-order chi connectivity index (χ1) is 22.8. The molecule has 10 nitrogen and oxygen atoms in total. The molecule has 4 fully saturated rings. The van der Waals surface area contributed by atoms with Crippen molar-refractivity contribution in [1.82, 2.24) is 24.0 Å². The van der Waals surface area contributed by atoms with E-state index in [4.69, 9.17) is 15.6 Å². The standard InChI is InChI=1S/C37H46N6O4/c1-22-33(39-43-20-26(16-32(47-2)34(22)43)37(46)40-14-4-6-28(38)21-40)31-15-25-5-3-7-30(35(25)42(31)17-23-8-9-23)27-18-41(19-27)36(45)24-10-12-29(44)13-11-24/h3,5,7,15-16,20,23-24,27-29,44H,4,6,8-14,17-19,21,38H2,1-2H3/t24-,28-,29+/m1/s1. The van der Waals surface area contributed by atoms with Crippen molar-refractivity contribution in [3.05, 3.63) is 53.2 Å². The average Bonchev–Trinajstić information content (AvgIpc) is 3.72. The van der Waals surface area contributed by atoms with Crippen LogP contribution < -0.4 is 10.5 Å². The van der Waals surface area contributed by atoms with Crippen LogP contribution >= 0.6 is 0 Å². The zero-order valence-corrected chi connectivity index (χ0v) is 27.5. The average molecular weight is 639 g/mol. The van der Waals surface area contributed by atoms with Gasteiger partial charge in [0.15, 0.2) is 0 Å². The summed E-state index contributed by atoms with van der Waals surface area (Å²) < 4.78 is 10.2. The summed E-state index contributed by atoms with van der Waals surface area (Å²) in [5, 5.41) is 16.2. The number of aromatic nitrogens is 3. The van der Waals surface area contributed by atoms with Crippen LogP contribution in [0.3, 0.4) is 0 Å². The van der Waals surface area contributed by atoms with Gasteiger partial charge in [-0.25, -0.2) is 4.52 Å². The number of para-hydroxylation sites is 1. The van der Waals surface area contributed by atoms with E-state index in [0.717, 1.165) is 80.6 Å². The van der Waals surface area contributed by atoms with Gasteiger partial charge in [-0.3, -0.25) is 9.59 Å². The van der Waals surface area contributed by atoms with Crippen LogP contribution in [0.15, 0.2) is 36.5 Å². The predicted molar refractivity (Wildman–Crippen MR) is 181 cm³/mol. The largest absolute Gasteiger partial charge is 0.494 e. The Labute approximate surface area is 275 Å². The molecule has 1 atom stereocenters. The van der Waals surface area contributed by atoms with Crippen molar-refractivity contribution in [2.75, 3.05) is 33.3 Å². The fourth-order valence-electron chi connectivity index (χ4n) is 8.24. The van der Waals surface area contributed by atoms with Gasteiger partial charge in [-0.15, -0.1) is 0 Å². The maximum Gasteiger partial charge on any atom is 0.255 e. The quantitative estimate of drug-likeness (QED) is 0.303. The number of aliphatic hydroxyl groups is 1. The van der Waals surface area contributed by atoms with Crippen LogP contribution in [-0.4, -0.2) is 86.3 Å². The first kappa shape index (κ1) is 30.4. The van der Waals surface area contributed by atoms with Gasteiger partial charge in [0.1, 0.15) is 17.0 Å². The van der Waals surface area contributed by atoms with Gasteiger partial charge in [0.05, 0.1) is 30.0 Å². The van der Waals surface area contributed by atoms with E-state index < -0.39 is 0 Å². The van der Waals surface area contributed by atoms with E-state index in [9.17, 15) is 14.7 Å². The number of piperidine rings is 1. The SMILES string of the molecule is COc1cc(C(=O)N2CCC[C@@H](N)C2)cn2nc(-c3cc4cccc(C5CN(C(=O)[C@H]6CC[C@@H](O)CC6)C5)c4n3CC3CC3)c(C)c12. The lowest BCUT2D eigenvalue weighted by atomic mass is 9.83. The number of carbonyl (C=O) groups excluding carboxylic acids is 2. The van der Waals surface area contributed by atoms with Gasteiger partial charge < -0.3 is 29.9 Å². The van der Waals surface area contributed by atoms with E-state index in [0.29, 0.717) is 30.3 Å². The molecule has 0 spiro atoms. The number of fused-ring (bicyclic) bond motifs is 2. The lowest BCUT2D eigenvalue weighted by molar-refractivity contribution is -0.141. The van der Waals surface area contributed by atoms with Crippen molar-refractivity contribution in [3.8, 4) is 17.1 Å². The molecule has 248 valence electrons. The molecule has 4 aliphatic rings. The smallest absolute Gasteiger partial charge is 0.255 e. The van der Waals surface area contributed by atoms with Crippen LogP contribution in [0, 0.1) is 18.8 Å². The Morgan fingerprint density at radius 2 is 1.79 bits per heavy atom. The number of nitrogens with zero attached hydrogens (tertiary/aromatic N) is 5. The zero-order chi connectivity index (χ0) is 32.4. The molecule has 3 N–H and O–H groups in total. The van der Waals surface area contributed by atoms with Gasteiger partial charge in [0.25, 0.3) is 5.91 Å². The highest BCUT2D eigenvalue weighted by Gasteiger charge is 2.38. The molecule has 8 rings (SSSR count). The number of carbonyl (C=O) groups is 2. The molecule has 1 aromatic carbocycles. The molecule has 0 radical (unpaired) electrons. The Morgan fingerprint density at radius 3 is 2.51 bits per heavy atom. The van der Waals surface area contributed by atoms with Gasteiger partial charge in [-0.1, -0.05) is 18.2 Å². The monoisotopic (exact) mass is 638 g/mol. The van der Waals surface area contributed by atoms with Crippen molar-refractivity contribution < 1.29 is 19.4 Å². The number of aryl methyl sites for hydroxylation is 1. The summed E-state index contributed by atoms with van der Waals surface area (Å²) in [5.74, 6) is 1.82. The number of rotatable bonds is 7. The second-order valence-electron chi connectivity index (χ2n) is 14.5. The van der Waals surface area contributed by atoms with Crippen LogP contribution in [0.25, 0.3) is 27.8 Å². The Morgan fingerprint density at radius 1 is 1.00 bits per heavy atom. The number of hydrogen-bond acceptors (Lipinski definition) is 6. The van der Waals surface area contributed by atoms with Crippen molar-refractivity contribution >= 4 is 28.2 Å². The summed E-state index contributed by atoms with van der Waals surface area (Å²) in [4.78, 5) is 30.7. The van der Waals surface area contributed by atoms with Gasteiger partial charge >= 0.3 is 0 Å². The third kappa shape index (κ3) is 5.49. The Bertz CT molecular complexity index is 1840. The Balaban J connectivity index is 1.14. The summed E-state index contributed by atoms with van der Waals surface area (Å²) >= 11 is 0. The first-order valence-electron chi connectivity index (χ1n) is 17.5. The highest BCUT2D eigenvalue weighted by atomic mass is 16.5. The summed E-state index contributed by atoms with van der Waals surface area (Å²) in [7, 11) is 1.65. The number of ether oxygens (including phenoxy) is 1. The third-order valence-electron chi connectivity index (χ3n) is 11.2. The normalized spacial score (nSPS) is 23.8. The molecule has 2 aliphatic carbocycles. The molecule has 5 heterocycles. The number of methoxy groups -OCH3 is 1. The van der Waals surface area contributed by atoms with Crippen molar-refractivity contribution in [2.24, 2.45) is 17.6 Å². The maximum atomic E-state index is 13.6. The summed E-state index contributed by atoms with van der Waals surface area (Å²) in [6, 6.07) is 10.7. The highest BCUT2D eigenvalue weighted by Crippen LogP contribution is 2.42. The number of amides is 2. The van der Waals surface area contributed by atoms with Crippen LogP contribution in [0.2, 0.25) is 0 Å². The van der Waals surface area contributed by atoms with E-state index >= 15 is 0 Å². The minimum absolute atomic E-state index is 0.00513. The fraction of sp³-hybridized carbons (Fsp3) is 0.541. The number of likely N-dealkylation sites (tertiary alicyclic amines) is 2. The summed E-state index contributed by atoms with van der Waals surface area (Å²) in [5.41, 5.74) is 13.1. The van der Waals surface area contributed by atoms with E-state index in [2.05, 4.69) is 35.8 Å². The molecular formula is C37H46N6O4. The van der Waals surface area contributed by atoms with E-state index in [1.807, 2.05) is 26.6 Å². The van der Waals surface area contributed by atoms with Crippen LogP contribution in [-0.2, 0) is 11.3 Å². The van der Waals surface area contributed by atoms with Gasteiger partial charge in [0, 0.05) is 67.7 Å². The molecule has 2 saturated carbocycles. The topological polar surface area (TPSA) is 118 Å². The third-order valence-corrected chi connectivity index (χ3v) is 11.2. The number of nitrogens with two attached hydrogens (primary N) is 1. The predicted octanol–water partition coefficient (Wildman–Crippen LogP) is 4.72. The molecule has 10 heteroatoms. The number of aliphatic hydroxyl groups excluding tert-OH is 1. The minimum Gasteiger partial charge on any atom is -0.494 e. The summed E-state index contributed by atoms with van der Waals surface area (Å²) in [6.07, 6.45) is 8.91. The molecular weight excluding hydrogens is 592 g/mol. The van der Waals surface area contributed by atoms with Crippen molar-refractivity contribution in [1.29, 1.82) is 0 Å². The fourth-order valence-corrected chi connectivity index (χ4v) is 8.24. The second kappa shape index (κ2) is 12.0. The molecule has 0 unspecified atom stereocenters. The van der Waals surface area contributed by atoms with E-state index in [-0.39, 0.29) is 35.8 Å². The van der Waals surface area contributed by atoms with Crippen molar-refractivity contribution in [3.63, 3.8) is 0 Å². The molecule has 3 aromatic heterocycles. The summed E-state index contributed by atoms with van der Waals surface area (Å²) in [6.45, 7) is 5.76. The van der Waals surface area contributed by atoms with Crippen LogP contribution in [0.1, 0.15) is 78.8 Å². The van der Waals surface area contributed by atoms with Gasteiger partial charge in [-0.2, -0.15) is 5.10 Å². The zero-order valence-electron chi connectivity index (χ0n) is 27.5. The van der Waals surface area contributed by atoms with Crippen LogP contribution in [0.4, 0.5) is 0 Å². The lowest BCUT2D eigenvalue weighted by Gasteiger charge is -2.42. The van der Waals surface area contributed by atoms with Gasteiger partial charge in [-0.05, 0) is 81.9 Å².